The molecule has 112 valence electrons. The number of pyridine rings is 1. The molecule has 2 amide bonds. The van der Waals surface area contributed by atoms with Crippen LogP contribution in [0.1, 0.15) is 22.8 Å². The molecule has 5 nitrogen and oxygen atoms in total. The van der Waals surface area contributed by atoms with E-state index in [4.69, 9.17) is 0 Å². The number of anilines is 2. The molecule has 2 heterocycles. The summed E-state index contributed by atoms with van der Waals surface area (Å²) in [5.74, 6) is -0.276. The maximum Gasteiger partial charge on any atom is 0.259 e. The molecular weight excluding hydrogens is 346 g/mol. The number of carbonyl (C=O) groups is 2. The molecule has 3 rings (SSSR count). The van der Waals surface area contributed by atoms with Gasteiger partial charge in [-0.05, 0) is 36.2 Å². The van der Waals surface area contributed by atoms with Gasteiger partial charge in [0, 0.05) is 30.3 Å². The average molecular weight is 360 g/mol. The molecule has 0 saturated carbocycles. The number of hydrogen-bond acceptors (Lipinski definition) is 3. The molecule has 1 aromatic heterocycles. The lowest BCUT2D eigenvalue weighted by molar-refractivity contribution is -0.114. The predicted octanol–water partition coefficient (Wildman–Crippen LogP) is 3.01. The van der Waals surface area contributed by atoms with E-state index in [2.05, 4.69) is 26.2 Å². The Morgan fingerprint density at radius 1 is 1.36 bits per heavy atom. The van der Waals surface area contributed by atoms with E-state index >= 15 is 0 Å². The number of nitrogens with one attached hydrogen (secondary N) is 1. The summed E-state index contributed by atoms with van der Waals surface area (Å²) >= 11 is 3.44. The summed E-state index contributed by atoms with van der Waals surface area (Å²) in [5, 5.41) is 2.80. The highest BCUT2D eigenvalue weighted by molar-refractivity contribution is 9.10. The van der Waals surface area contributed by atoms with Crippen molar-refractivity contribution < 1.29 is 9.59 Å². The smallest absolute Gasteiger partial charge is 0.259 e. The zero-order valence-electron chi connectivity index (χ0n) is 12.0. The van der Waals surface area contributed by atoms with E-state index < -0.39 is 0 Å². The van der Waals surface area contributed by atoms with Gasteiger partial charge in [-0.2, -0.15) is 0 Å². The topological polar surface area (TPSA) is 62.3 Å². The number of nitrogens with zero attached hydrogens (tertiary/aromatic N) is 2. The standard InChI is InChI=1S/C16H14BrN3O2/c1-10(21)19-14-8-13(17)7-11-4-6-20(15(11)14)16(22)12-3-2-5-18-9-12/h2-3,5,7-9H,4,6H2,1H3,(H,19,21). The number of hydrogen-bond donors (Lipinski definition) is 1. The Bertz CT molecular complexity index is 747. The van der Waals surface area contributed by atoms with Crippen molar-refractivity contribution in [3.05, 3.63) is 52.3 Å². The SMILES string of the molecule is CC(=O)Nc1cc(Br)cc2c1N(C(=O)c1cccnc1)CC2. The lowest BCUT2D eigenvalue weighted by Crippen LogP contribution is -2.29. The number of rotatable bonds is 2. The van der Waals surface area contributed by atoms with Crippen LogP contribution in [0, 0.1) is 0 Å². The Labute approximate surface area is 136 Å². The second-order valence-corrected chi connectivity index (χ2v) is 6.01. The third-order valence-corrected chi connectivity index (χ3v) is 3.95. The molecule has 2 aromatic rings. The molecule has 0 aliphatic carbocycles. The van der Waals surface area contributed by atoms with Crippen LogP contribution < -0.4 is 10.2 Å². The fraction of sp³-hybridized carbons (Fsp3) is 0.188. The van der Waals surface area contributed by atoms with Crippen molar-refractivity contribution in [1.29, 1.82) is 0 Å². The van der Waals surface area contributed by atoms with Gasteiger partial charge in [0.05, 0.1) is 16.9 Å². The summed E-state index contributed by atoms with van der Waals surface area (Å²) in [6, 6.07) is 7.27. The summed E-state index contributed by atoms with van der Waals surface area (Å²) in [6.45, 7) is 2.04. The fourth-order valence-corrected chi connectivity index (χ4v) is 3.15. The van der Waals surface area contributed by atoms with Crippen LogP contribution in [-0.4, -0.2) is 23.3 Å². The molecule has 0 saturated heterocycles. The monoisotopic (exact) mass is 359 g/mol. The van der Waals surface area contributed by atoms with Crippen molar-refractivity contribution in [2.24, 2.45) is 0 Å². The molecule has 1 aliphatic rings. The van der Waals surface area contributed by atoms with Gasteiger partial charge in [-0.25, -0.2) is 0 Å². The Morgan fingerprint density at radius 2 is 2.18 bits per heavy atom. The minimum atomic E-state index is -0.166. The molecule has 0 radical (unpaired) electrons. The highest BCUT2D eigenvalue weighted by atomic mass is 79.9. The molecule has 0 unspecified atom stereocenters. The van der Waals surface area contributed by atoms with E-state index in [0.717, 1.165) is 22.1 Å². The minimum Gasteiger partial charge on any atom is -0.324 e. The number of halogens is 1. The van der Waals surface area contributed by atoms with E-state index in [1.165, 1.54) is 6.92 Å². The summed E-state index contributed by atoms with van der Waals surface area (Å²) in [6.07, 6.45) is 3.94. The van der Waals surface area contributed by atoms with Crippen LogP contribution in [0.5, 0.6) is 0 Å². The number of aromatic nitrogens is 1. The molecular formula is C16H14BrN3O2. The quantitative estimate of drug-likeness (QED) is 0.896. The highest BCUT2D eigenvalue weighted by Crippen LogP contribution is 2.39. The molecule has 0 atom stereocenters. The van der Waals surface area contributed by atoms with Crippen LogP contribution in [0.25, 0.3) is 0 Å². The normalized spacial score (nSPS) is 12.9. The molecule has 0 fully saturated rings. The van der Waals surface area contributed by atoms with E-state index in [9.17, 15) is 9.59 Å². The van der Waals surface area contributed by atoms with Gasteiger partial charge in [0.25, 0.3) is 5.91 Å². The largest absolute Gasteiger partial charge is 0.324 e. The van der Waals surface area contributed by atoms with Crippen LogP contribution in [0.15, 0.2) is 41.1 Å². The van der Waals surface area contributed by atoms with E-state index in [0.29, 0.717) is 17.8 Å². The van der Waals surface area contributed by atoms with Crippen molar-refractivity contribution in [2.45, 2.75) is 13.3 Å². The van der Waals surface area contributed by atoms with Crippen LogP contribution in [0.4, 0.5) is 11.4 Å². The zero-order valence-corrected chi connectivity index (χ0v) is 13.6. The van der Waals surface area contributed by atoms with E-state index in [-0.39, 0.29) is 11.8 Å². The third kappa shape index (κ3) is 2.74. The van der Waals surface area contributed by atoms with Gasteiger partial charge in [-0.1, -0.05) is 15.9 Å². The van der Waals surface area contributed by atoms with Crippen LogP contribution >= 0.6 is 15.9 Å². The van der Waals surface area contributed by atoms with Crippen molar-refractivity contribution in [1.82, 2.24) is 4.98 Å². The summed E-state index contributed by atoms with van der Waals surface area (Å²) in [5.41, 5.74) is 2.99. The number of fused-ring (bicyclic) bond motifs is 1. The maximum absolute atomic E-state index is 12.7. The molecule has 0 bridgehead atoms. The predicted molar refractivity (Wildman–Crippen MR) is 88.1 cm³/mol. The molecule has 6 heteroatoms. The molecule has 22 heavy (non-hydrogen) atoms. The van der Waals surface area contributed by atoms with Crippen LogP contribution in [0.3, 0.4) is 0 Å². The van der Waals surface area contributed by atoms with Gasteiger partial charge in [-0.3, -0.25) is 14.6 Å². The van der Waals surface area contributed by atoms with E-state index in [1.807, 2.05) is 12.1 Å². The van der Waals surface area contributed by atoms with Crippen molar-refractivity contribution >= 4 is 39.1 Å². The Morgan fingerprint density at radius 3 is 2.86 bits per heavy atom. The van der Waals surface area contributed by atoms with Crippen LogP contribution in [-0.2, 0) is 11.2 Å². The molecule has 1 aliphatic heterocycles. The zero-order chi connectivity index (χ0) is 15.7. The summed E-state index contributed by atoms with van der Waals surface area (Å²) < 4.78 is 0.880. The van der Waals surface area contributed by atoms with Crippen molar-refractivity contribution in [2.75, 3.05) is 16.8 Å². The lowest BCUT2D eigenvalue weighted by atomic mass is 10.1. The fourth-order valence-electron chi connectivity index (χ4n) is 2.64. The maximum atomic E-state index is 12.7. The molecule has 1 aromatic carbocycles. The second kappa shape index (κ2) is 5.88. The minimum absolute atomic E-state index is 0.110. The molecule has 1 N–H and O–H groups in total. The van der Waals surface area contributed by atoms with E-state index in [1.54, 1.807) is 29.4 Å². The Kier molecular flexibility index (Phi) is 3.94. The van der Waals surface area contributed by atoms with Crippen molar-refractivity contribution in [3.8, 4) is 0 Å². The Balaban J connectivity index is 2.03. The highest BCUT2D eigenvalue weighted by Gasteiger charge is 2.29. The lowest BCUT2D eigenvalue weighted by Gasteiger charge is -2.20. The third-order valence-electron chi connectivity index (χ3n) is 3.49. The van der Waals surface area contributed by atoms with Gasteiger partial charge in [-0.15, -0.1) is 0 Å². The molecule has 0 spiro atoms. The number of benzene rings is 1. The van der Waals surface area contributed by atoms with Gasteiger partial charge in [0.15, 0.2) is 0 Å². The number of amides is 2. The van der Waals surface area contributed by atoms with Crippen LogP contribution in [0.2, 0.25) is 0 Å². The van der Waals surface area contributed by atoms with Gasteiger partial charge >= 0.3 is 0 Å². The Hall–Kier alpha value is -2.21. The van der Waals surface area contributed by atoms with Gasteiger partial charge in [0.2, 0.25) is 5.91 Å². The second-order valence-electron chi connectivity index (χ2n) is 5.09. The first-order valence-corrected chi connectivity index (χ1v) is 7.67. The average Bonchev–Trinajstić information content (AvgIpc) is 2.90. The summed E-state index contributed by atoms with van der Waals surface area (Å²) in [4.78, 5) is 29.8. The van der Waals surface area contributed by atoms with Crippen molar-refractivity contribution in [3.63, 3.8) is 0 Å². The first-order chi connectivity index (χ1) is 10.6. The number of carbonyl (C=O) groups excluding carboxylic acids is 2. The first-order valence-electron chi connectivity index (χ1n) is 6.88. The first kappa shape index (κ1) is 14.7. The van der Waals surface area contributed by atoms with Gasteiger partial charge in [0.1, 0.15) is 0 Å². The summed E-state index contributed by atoms with van der Waals surface area (Å²) in [7, 11) is 0. The van der Waals surface area contributed by atoms with Gasteiger partial charge < -0.3 is 10.2 Å².